The standard InChI is InChI=1S/C12H16N2O2S/c1-7-6-17-8(2)11(7)14-12(16)10-5-9(15)3-4-13-10/h6,10,13H,3-5H2,1-2H3,(H,14,16). The molecule has 0 radical (unpaired) electrons. The first-order chi connectivity index (χ1) is 8.08. The molecule has 5 heteroatoms. The number of carbonyl (C=O) groups excluding carboxylic acids is 2. The summed E-state index contributed by atoms with van der Waals surface area (Å²) in [5.74, 6) is 0.0466. The van der Waals surface area contributed by atoms with Crippen molar-refractivity contribution < 1.29 is 9.59 Å². The molecule has 1 fully saturated rings. The molecule has 1 aliphatic rings. The number of carbonyl (C=O) groups is 2. The van der Waals surface area contributed by atoms with E-state index in [9.17, 15) is 9.59 Å². The zero-order valence-electron chi connectivity index (χ0n) is 10.0. The summed E-state index contributed by atoms with van der Waals surface area (Å²) in [6, 6.07) is -0.380. The van der Waals surface area contributed by atoms with E-state index in [1.807, 2.05) is 19.2 Å². The number of rotatable bonds is 2. The van der Waals surface area contributed by atoms with E-state index in [-0.39, 0.29) is 17.7 Å². The highest BCUT2D eigenvalue weighted by molar-refractivity contribution is 7.10. The molecule has 0 aromatic carbocycles. The third-order valence-corrected chi connectivity index (χ3v) is 3.98. The Balaban J connectivity index is 2.04. The fourth-order valence-electron chi connectivity index (χ4n) is 1.94. The Hall–Kier alpha value is -1.20. The molecule has 2 heterocycles. The number of nitrogens with one attached hydrogen (secondary N) is 2. The molecule has 1 aliphatic heterocycles. The third-order valence-electron chi connectivity index (χ3n) is 2.95. The maximum atomic E-state index is 12.0. The Morgan fingerprint density at radius 3 is 2.88 bits per heavy atom. The third kappa shape index (κ3) is 2.73. The van der Waals surface area contributed by atoms with Crippen LogP contribution in [-0.2, 0) is 9.59 Å². The predicted octanol–water partition coefficient (Wildman–Crippen LogP) is 1.62. The van der Waals surface area contributed by atoms with E-state index in [0.717, 1.165) is 16.1 Å². The van der Waals surface area contributed by atoms with Gasteiger partial charge in [0, 0.05) is 24.3 Å². The number of anilines is 1. The van der Waals surface area contributed by atoms with Gasteiger partial charge in [-0.1, -0.05) is 0 Å². The van der Waals surface area contributed by atoms with Crippen LogP contribution in [0, 0.1) is 13.8 Å². The predicted molar refractivity (Wildman–Crippen MR) is 68.5 cm³/mol. The summed E-state index contributed by atoms with van der Waals surface area (Å²) in [5.41, 5.74) is 1.96. The molecule has 2 N–H and O–H groups in total. The van der Waals surface area contributed by atoms with E-state index in [0.29, 0.717) is 19.4 Å². The van der Waals surface area contributed by atoms with Gasteiger partial charge in [-0.15, -0.1) is 11.3 Å². The zero-order chi connectivity index (χ0) is 12.4. The Kier molecular flexibility index (Phi) is 3.59. The lowest BCUT2D eigenvalue weighted by atomic mass is 10.0. The normalized spacial score (nSPS) is 20.4. The van der Waals surface area contributed by atoms with Crippen LogP contribution in [0.3, 0.4) is 0 Å². The van der Waals surface area contributed by atoms with Gasteiger partial charge < -0.3 is 10.6 Å². The minimum absolute atomic E-state index is 0.109. The highest BCUT2D eigenvalue weighted by Gasteiger charge is 2.25. The second-order valence-electron chi connectivity index (χ2n) is 4.34. The molecule has 17 heavy (non-hydrogen) atoms. The summed E-state index contributed by atoms with van der Waals surface area (Å²) >= 11 is 1.62. The van der Waals surface area contributed by atoms with Crippen molar-refractivity contribution in [2.75, 3.05) is 11.9 Å². The SMILES string of the molecule is Cc1csc(C)c1NC(=O)C1CC(=O)CCN1. The van der Waals surface area contributed by atoms with E-state index >= 15 is 0 Å². The van der Waals surface area contributed by atoms with Crippen molar-refractivity contribution in [3.63, 3.8) is 0 Å². The molecule has 1 aromatic rings. The van der Waals surface area contributed by atoms with E-state index in [1.54, 1.807) is 11.3 Å². The van der Waals surface area contributed by atoms with Crippen molar-refractivity contribution in [3.05, 3.63) is 15.8 Å². The van der Waals surface area contributed by atoms with Crippen molar-refractivity contribution in [2.24, 2.45) is 0 Å². The topological polar surface area (TPSA) is 58.2 Å². The van der Waals surface area contributed by atoms with Gasteiger partial charge >= 0.3 is 0 Å². The number of aryl methyl sites for hydroxylation is 2. The van der Waals surface area contributed by atoms with Crippen LogP contribution in [0.15, 0.2) is 5.38 Å². The molecule has 2 rings (SSSR count). The van der Waals surface area contributed by atoms with E-state index in [2.05, 4.69) is 10.6 Å². The number of hydrogen-bond donors (Lipinski definition) is 2. The van der Waals surface area contributed by atoms with Crippen LogP contribution in [0.1, 0.15) is 23.3 Å². The highest BCUT2D eigenvalue weighted by atomic mass is 32.1. The van der Waals surface area contributed by atoms with Gasteiger partial charge in [0.25, 0.3) is 0 Å². The fourth-order valence-corrected chi connectivity index (χ4v) is 2.74. The van der Waals surface area contributed by atoms with Crippen LogP contribution in [0.5, 0.6) is 0 Å². The molecular weight excluding hydrogens is 236 g/mol. The molecule has 0 saturated carbocycles. The molecule has 1 saturated heterocycles. The van der Waals surface area contributed by atoms with Gasteiger partial charge in [-0.05, 0) is 24.8 Å². The summed E-state index contributed by atoms with van der Waals surface area (Å²) in [6.07, 6.45) is 0.828. The van der Waals surface area contributed by atoms with Crippen molar-refractivity contribution in [1.82, 2.24) is 5.32 Å². The maximum absolute atomic E-state index is 12.0. The van der Waals surface area contributed by atoms with Crippen molar-refractivity contribution >= 4 is 28.7 Å². The number of amides is 1. The minimum atomic E-state index is -0.380. The van der Waals surface area contributed by atoms with Gasteiger partial charge in [-0.25, -0.2) is 0 Å². The van der Waals surface area contributed by atoms with Gasteiger partial charge in [0.2, 0.25) is 5.91 Å². The van der Waals surface area contributed by atoms with E-state index < -0.39 is 0 Å². The number of Topliss-reactive ketones (excluding diaryl/α,β-unsaturated/α-hetero) is 1. The number of thiophene rings is 1. The zero-order valence-corrected chi connectivity index (χ0v) is 10.8. The molecule has 1 unspecified atom stereocenters. The van der Waals surface area contributed by atoms with Crippen LogP contribution in [0.25, 0.3) is 0 Å². The summed E-state index contributed by atoms with van der Waals surface area (Å²) < 4.78 is 0. The first-order valence-electron chi connectivity index (χ1n) is 5.68. The average molecular weight is 252 g/mol. The van der Waals surface area contributed by atoms with Crippen molar-refractivity contribution in [3.8, 4) is 0 Å². The average Bonchev–Trinajstić information content (AvgIpc) is 2.61. The summed E-state index contributed by atoms with van der Waals surface area (Å²) in [6.45, 7) is 4.55. The van der Waals surface area contributed by atoms with Crippen molar-refractivity contribution in [2.45, 2.75) is 32.7 Å². The summed E-state index contributed by atoms with van der Waals surface area (Å²) in [4.78, 5) is 24.4. The van der Waals surface area contributed by atoms with Crippen LogP contribution >= 0.6 is 11.3 Å². The van der Waals surface area contributed by atoms with E-state index in [4.69, 9.17) is 0 Å². The number of ketones is 1. The lowest BCUT2D eigenvalue weighted by Crippen LogP contribution is -2.46. The first kappa shape index (κ1) is 12.3. The maximum Gasteiger partial charge on any atom is 0.242 e. The van der Waals surface area contributed by atoms with Crippen molar-refractivity contribution in [1.29, 1.82) is 0 Å². The quantitative estimate of drug-likeness (QED) is 0.841. The van der Waals surface area contributed by atoms with Crippen LogP contribution in [0.2, 0.25) is 0 Å². The lowest BCUT2D eigenvalue weighted by molar-refractivity contribution is -0.126. The smallest absolute Gasteiger partial charge is 0.242 e. The van der Waals surface area contributed by atoms with Gasteiger partial charge in [-0.2, -0.15) is 0 Å². The molecule has 0 spiro atoms. The van der Waals surface area contributed by atoms with Gasteiger partial charge in [0.1, 0.15) is 5.78 Å². The van der Waals surface area contributed by atoms with Gasteiger partial charge in [0.15, 0.2) is 0 Å². The molecule has 0 aliphatic carbocycles. The summed E-state index contributed by atoms with van der Waals surface area (Å²) in [5, 5.41) is 7.99. The number of piperidine rings is 1. The monoisotopic (exact) mass is 252 g/mol. The second-order valence-corrected chi connectivity index (χ2v) is 5.42. The second kappa shape index (κ2) is 4.98. The van der Waals surface area contributed by atoms with Crippen LogP contribution in [0.4, 0.5) is 5.69 Å². The summed E-state index contributed by atoms with van der Waals surface area (Å²) in [7, 11) is 0. The van der Waals surface area contributed by atoms with Gasteiger partial charge in [-0.3, -0.25) is 9.59 Å². The minimum Gasteiger partial charge on any atom is -0.323 e. The molecule has 1 aromatic heterocycles. The van der Waals surface area contributed by atoms with E-state index in [1.165, 1.54) is 0 Å². The molecule has 4 nitrogen and oxygen atoms in total. The molecule has 92 valence electrons. The number of hydrogen-bond acceptors (Lipinski definition) is 4. The van der Waals surface area contributed by atoms with Crippen LogP contribution in [-0.4, -0.2) is 24.3 Å². The highest BCUT2D eigenvalue weighted by Crippen LogP contribution is 2.26. The Morgan fingerprint density at radius 2 is 2.29 bits per heavy atom. The lowest BCUT2D eigenvalue weighted by Gasteiger charge is -2.22. The molecule has 1 atom stereocenters. The fraction of sp³-hybridized carbons (Fsp3) is 0.500. The molecule has 0 bridgehead atoms. The van der Waals surface area contributed by atoms with Crippen LogP contribution < -0.4 is 10.6 Å². The Morgan fingerprint density at radius 1 is 1.53 bits per heavy atom. The first-order valence-corrected chi connectivity index (χ1v) is 6.56. The molecule has 1 amide bonds. The largest absolute Gasteiger partial charge is 0.323 e. The Bertz CT molecular complexity index is 434. The molecular formula is C12H16N2O2S. The van der Waals surface area contributed by atoms with Gasteiger partial charge in [0.05, 0.1) is 11.7 Å². The Labute approximate surface area is 104 Å².